The molecule has 0 saturated carbocycles. The van der Waals surface area contributed by atoms with Gasteiger partial charge in [-0.3, -0.25) is 4.68 Å². The van der Waals surface area contributed by atoms with E-state index in [1.165, 1.54) is 7.11 Å². The third kappa shape index (κ3) is 3.02. The molecule has 2 aromatic rings. The fourth-order valence-electron chi connectivity index (χ4n) is 2.64. The monoisotopic (exact) mass is 317 g/mol. The topological polar surface area (TPSA) is 82.4 Å². The van der Waals surface area contributed by atoms with Gasteiger partial charge in [0.25, 0.3) is 0 Å². The van der Waals surface area contributed by atoms with Crippen molar-refractivity contribution in [3.05, 3.63) is 35.8 Å². The van der Waals surface area contributed by atoms with E-state index in [2.05, 4.69) is 24.9 Å². The van der Waals surface area contributed by atoms with Gasteiger partial charge in [-0.2, -0.15) is 5.10 Å². The Balaban J connectivity index is 1.79. The lowest BCUT2D eigenvalue weighted by Crippen LogP contribution is -2.48. The van der Waals surface area contributed by atoms with Crippen molar-refractivity contribution in [3.63, 3.8) is 0 Å². The molecule has 1 aliphatic rings. The maximum absolute atomic E-state index is 11.4. The van der Waals surface area contributed by atoms with Crippen molar-refractivity contribution in [2.24, 2.45) is 7.05 Å². The van der Waals surface area contributed by atoms with E-state index in [0.717, 1.165) is 5.56 Å². The number of anilines is 1. The molecule has 2 aromatic heterocycles. The summed E-state index contributed by atoms with van der Waals surface area (Å²) in [6.07, 6.45) is 3.77. The maximum atomic E-state index is 11.4. The zero-order chi connectivity index (χ0) is 16.4. The molecule has 3 rings (SSSR count). The molecule has 122 valence electrons. The van der Waals surface area contributed by atoms with Crippen LogP contribution in [0.4, 0.5) is 5.82 Å². The normalized spacial score (nSPS) is 21.3. The number of nitrogens with zero attached hydrogens (tertiary/aromatic N) is 5. The van der Waals surface area contributed by atoms with Crippen molar-refractivity contribution in [1.29, 1.82) is 0 Å². The smallest absolute Gasteiger partial charge is 0.358 e. The molecule has 0 aliphatic carbocycles. The van der Waals surface area contributed by atoms with Crippen LogP contribution in [0.25, 0.3) is 0 Å². The summed E-state index contributed by atoms with van der Waals surface area (Å²) < 4.78 is 12.4. The van der Waals surface area contributed by atoms with Gasteiger partial charge in [-0.25, -0.2) is 4.79 Å². The molecule has 3 heterocycles. The number of carbonyl (C=O) groups excluding carboxylic acids is 1. The van der Waals surface area contributed by atoms with Crippen LogP contribution in [0.15, 0.2) is 24.5 Å². The van der Waals surface area contributed by atoms with E-state index >= 15 is 0 Å². The van der Waals surface area contributed by atoms with E-state index in [-0.39, 0.29) is 5.69 Å². The number of esters is 1. The molecule has 1 atom stereocenters. The highest BCUT2D eigenvalue weighted by molar-refractivity contribution is 5.86. The number of ether oxygens (including phenoxy) is 2. The Morgan fingerprint density at radius 1 is 1.39 bits per heavy atom. The zero-order valence-electron chi connectivity index (χ0n) is 13.4. The minimum atomic E-state index is -0.494. The number of hydrogen-bond donors (Lipinski definition) is 0. The van der Waals surface area contributed by atoms with Gasteiger partial charge in [-0.1, -0.05) is 0 Å². The van der Waals surface area contributed by atoms with Crippen LogP contribution in [0.5, 0.6) is 0 Å². The zero-order valence-corrected chi connectivity index (χ0v) is 13.4. The van der Waals surface area contributed by atoms with E-state index in [4.69, 9.17) is 4.74 Å². The molecule has 0 bridgehead atoms. The predicted octanol–water partition coefficient (Wildman–Crippen LogP) is 0.749. The molecule has 0 aromatic carbocycles. The Morgan fingerprint density at radius 2 is 2.22 bits per heavy atom. The van der Waals surface area contributed by atoms with Crippen LogP contribution in [0.2, 0.25) is 0 Å². The summed E-state index contributed by atoms with van der Waals surface area (Å²) in [6, 6.07) is 3.39. The van der Waals surface area contributed by atoms with Gasteiger partial charge in [-0.05, 0) is 19.1 Å². The van der Waals surface area contributed by atoms with Crippen LogP contribution in [-0.4, -0.2) is 52.8 Å². The molecule has 1 saturated heterocycles. The lowest BCUT2D eigenvalue weighted by molar-refractivity contribution is -0.0468. The van der Waals surface area contributed by atoms with Gasteiger partial charge < -0.3 is 14.4 Å². The van der Waals surface area contributed by atoms with Crippen molar-refractivity contribution in [1.82, 2.24) is 20.0 Å². The summed E-state index contributed by atoms with van der Waals surface area (Å²) in [5.41, 5.74) is 0.748. The number of morpholine rings is 1. The van der Waals surface area contributed by atoms with Crippen molar-refractivity contribution in [3.8, 4) is 0 Å². The summed E-state index contributed by atoms with van der Waals surface area (Å²) in [6.45, 7) is 3.95. The average molecular weight is 317 g/mol. The Hall–Kier alpha value is -2.48. The van der Waals surface area contributed by atoms with E-state index < -0.39 is 11.6 Å². The van der Waals surface area contributed by atoms with Crippen molar-refractivity contribution in [2.45, 2.75) is 12.5 Å². The third-order valence-electron chi connectivity index (χ3n) is 3.96. The molecule has 0 radical (unpaired) electrons. The quantitative estimate of drug-likeness (QED) is 0.772. The summed E-state index contributed by atoms with van der Waals surface area (Å²) >= 11 is 0. The van der Waals surface area contributed by atoms with Crippen LogP contribution in [0.3, 0.4) is 0 Å². The molecule has 0 N–H and O–H groups in total. The van der Waals surface area contributed by atoms with Gasteiger partial charge in [0.2, 0.25) is 0 Å². The second kappa shape index (κ2) is 5.96. The molecule has 8 heteroatoms. The number of methoxy groups -OCH3 is 1. The van der Waals surface area contributed by atoms with Crippen LogP contribution >= 0.6 is 0 Å². The van der Waals surface area contributed by atoms with Crippen molar-refractivity contribution < 1.29 is 14.3 Å². The van der Waals surface area contributed by atoms with E-state index in [0.29, 0.717) is 25.5 Å². The Bertz CT molecular complexity index is 699. The fraction of sp³-hybridized carbons (Fsp3) is 0.467. The molecule has 1 aliphatic heterocycles. The summed E-state index contributed by atoms with van der Waals surface area (Å²) in [5.74, 6) is 0.210. The van der Waals surface area contributed by atoms with Gasteiger partial charge in [0, 0.05) is 25.4 Å². The SMILES string of the molecule is COC(=O)c1ccc(N2CCOC(C)(c3cnn(C)c3)C2)nn1. The summed E-state index contributed by atoms with van der Waals surface area (Å²) in [5, 5.41) is 12.3. The number of aryl methyl sites for hydroxylation is 1. The van der Waals surface area contributed by atoms with Crippen molar-refractivity contribution >= 4 is 11.8 Å². The van der Waals surface area contributed by atoms with Gasteiger partial charge in [0.1, 0.15) is 5.60 Å². The molecule has 0 spiro atoms. The van der Waals surface area contributed by atoms with E-state index in [1.54, 1.807) is 16.8 Å². The van der Waals surface area contributed by atoms with Gasteiger partial charge in [0.05, 0.1) is 26.5 Å². The first kappa shape index (κ1) is 15.4. The minimum absolute atomic E-state index is 0.194. The molecule has 0 amide bonds. The van der Waals surface area contributed by atoms with Crippen molar-refractivity contribution in [2.75, 3.05) is 31.7 Å². The molecular weight excluding hydrogens is 298 g/mol. The van der Waals surface area contributed by atoms with Gasteiger partial charge in [-0.15, -0.1) is 10.2 Å². The van der Waals surface area contributed by atoms with Crippen LogP contribution in [0, 0.1) is 0 Å². The first-order valence-electron chi connectivity index (χ1n) is 7.32. The van der Waals surface area contributed by atoms with Gasteiger partial charge >= 0.3 is 5.97 Å². The standard InChI is InChI=1S/C15H19N5O3/c1-15(11-8-16-19(2)9-11)10-20(6-7-23-15)13-5-4-12(17-18-13)14(21)22-3/h4-5,8-9H,6-7,10H2,1-3H3. The third-order valence-corrected chi connectivity index (χ3v) is 3.96. The average Bonchev–Trinajstić information content (AvgIpc) is 3.02. The highest BCUT2D eigenvalue weighted by Crippen LogP contribution is 2.30. The molecule has 23 heavy (non-hydrogen) atoms. The second-order valence-electron chi connectivity index (χ2n) is 5.67. The maximum Gasteiger partial charge on any atom is 0.358 e. The largest absolute Gasteiger partial charge is 0.464 e. The molecule has 1 fully saturated rings. The summed E-state index contributed by atoms with van der Waals surface area (Å²) in [7, 11) is 3.20. The van der Waals surface area contributed by atoms with Crippen LogP contribution in [-0.2, 0) is 22.1 Å². The first-order chi connectivity index (χ1) is 11.0. The first-order valence-corrected chi connectivity index (χ1v) is 7.32. The van der Waals surface area contributed by atoms with Gasteiger partial charge in [0.15, 0.2) is 11.5 Å². The Labute approximate surface area is 134 Å². The Morgan fingerprint density at radius 3 is 2.83 bits per heavy atom. The Kier molecular flexibility index (Phi) is 3.99. The molecule has 8 nitrogen and oxygen atoms in total. The van der Waals surface area contributed by atoms with E-state index in [9.17, 15) is 4.79 Å². The number of aromatic nitrogens is 4. The lowest BCUT2D eigenvalue weighted by Gasteiger charge is -2.40. The minimum Gasteiger partial charge on any atom is -0.464 e. The number of rotatable bonds is 3. The van der Waals surface area contributed by atoms with E-state index in [1.807, 2.05) is 26.4 Å². The fourth-order valence-corrected chi connectivity index (χ4v) is 2.64. The number of carbonyl (C=O) groups is 1. The predicted molar refractivity (Wildman–Crippen MR) is 82.1 cm³/mol. The molecule has 1 unspecified atom stereocenters. The van der Waals surface area contributed by atoms with Crippen LogP contribution < -0.4 is 4.90 Å². The highest BCUT2D eigenvalue weighted by atomic mass is 16.5. The van der Waals surface area contributed by atoms with Crippen LogP contribution in [0.1, 0.15) is 23.0 Å². The second-order valence-corrected chi connectivity index (χ2v) is 5.67. The highest BCUT2D eigenvalue weighted by Gasteiger charge is 2.35. The number of hydrogen-bond acceptors (Lipinski definition) is 7. The molecular formula is C15H19N5O3. The lowest BCUT2D eigenvalue weighted by atomic mass is 9.97. The summed E-state index contributed by atoms with van der Waals surface area (Å²) in [4.78, 5) is 13.5.